The maximum Gasteiger partial charge on any atom is 2.00 e. The Kier molecular flexibility index (Phi) is 50.6. The van der Waals surface area contributed by atoms with Crippen molar-refractivity contribution in [2.24, 2.45) is 0 Å². The minimum absolute atomic E-state index is 0. The van der Waals surface area contributed by atoms with Crippen LogP contribution in [0.5, 0.6) is 0 Å². The average molecular weight is 1480 g/mol. The van der Waals surface area contributed by atoms with E-state index < -0.39 is 0 Å². The largest absolute Gasteiger partial charge is 2.00 e. The molecule has 0 bridgehead atoms. The number of unbranched alkanes of at least 4 members (excludes halogenated alkanes) is 9. The summed E-state index contributed by atoms with van der Waals surface area (Å²) in [4.78, 5) is 0. The van der Waals surface area contributed by atoms with Gasteiger partial charge >= 0.3 is 20.4 Å². The molecule has 4 aromatic rings. The first-order valence-corrected chi connectivity index (χ1v) is 40.2. The van der Waals surface area contributed by atoms with Crippen molar-refractivity contribution in [3.05, 3.63) is 182 Å². The van der Waals surface area contributed by atoms with Crippen molar-refractivity contribution in [1.82, 2.24) is 0 Å². The molecule has 6 rings (SSSR count). The molecule has 2 heterocycles. The molecule has 98 heavy (non-hydrogen) atoms. The number of aryl methyl sites for hydroxylation is 8. The zero-order valence-corrected chi connectivity index (χ0v) is 69.1. The van der Waals surface area contributed by atoms with Crippen LogP contribution in [0, 0.1) is 0 Å². The van der Waals surface area contributed by atoms with E-state index in [-0.39, 0.29) is 36.9 Å². The number of hydrogen-bond donors (Lipinski definition) is 0. The topological polar surface area (TPSA) is 78.8 Å². The predicted molar refractivity (Wildman–Crippen MR) is 426 cm³/mol. The number of benzene rings is 4. The van der Waals surface area contributed by atoms with Crippen LogP contribution in [0.4, 0.5) is 0 Å². The van der Waals surface area contributed by atoms with E-state index in [4.69, 9.17) is 0 Å². The molecule has 0 fully saturated rings. The van der Waals surface area contributed by atoms with Gasteiger partial charge in [-0.15, -0.1) is 0 Å². The molecule has 4 aromatic carbocycles. The molecule has 2 aliphatic heterocycles. The Morgan fingerprint density at radius 2 is 0.490 bits per heavy atom. The van der Waals surface area contributed by atoms with Crippen LogP contribution in [0.2, 0.25) is 0 Å². The molecule has 0 N–H and O–H groups in total. The zero-order valence-electron chi connectivity index (χ0n) is 66.6. The van der Waals surface area contributed by atoms with Gasteiger partial charge in [-0.05, 0) is 269 Å². The summed E-state index contributed by atoms with van der Waals surface area (Å²) in [5.74, 6) is 0. The summed E-state index contributed by atoms with van der Waals surface area (Å²) in [6, 6.07) is 19.6. The summed E-state index contributed by atoms with van der Waals surface area (Å²) < 4.78 is 3.24. The monoisotopic (exact) mass is 1470 g/mol. The molecule has 2 aliphatic rings. The van der Waals surface area contributed by atoms with E-state index in [1.165, 1.54) is 186 Å². The van der Waals surface area contributed by atoms with Gasteiger partial charge in [-0.25, -0.2) is 9.39 Å². The van der Waals surface area contributed by atoms with E-state index in [9.17, 15) is 11.1 Å². The summed E-state index contributed by atoms with van der Waals surface area (Å²) in [5.41, 5.74) is 56.1. The van der Waals surface area contributed by atoms with E-state index in [0.29, 0.717) is 0 Å². The van der Waals surface area contributed by atoms with Crippen LogP contribution in [-0.2, 0) is 114 Å². The number of allylic oxidation sites excluding steroid dienone is 4. The van der Waals surface area contributed by atoms with Crippen molar-refractivity contribution in [2.75, 3.05) is 28.2 Å². The zero-order chi connectivity index (χ0) is 70.8. The summed E-state index contributed by atoms with van der Waals surface area (Å²) >= 11 is 0. The molecule has 554 valence electrons. The Bertz CT molecular complexity index is 2870. The minimum atomic E-state index is 0. The molecule has 0 amide bonds. The van der Waals surface area contributed by atoms with Crippen LogP contribution in [-0.4, -0.2) is 37.6 Å². The van der Waals surface area contributed by atoms with Crippen LogP contribution in [0.25, 0.3) is 44.5 Å². The molecule has 6 nitrogen and oxygen atoms in total. The van der Waals surface area contributed by atoms with Gasteiger partial charge in [-0.1, -0.05) is 200 Å². The van der Waals surface area contributed by atoms with Gasteiger partial charge in [0.15, 0.2) is 0 Å². The standard InChI is InChI=1S/C44H68N2.C42H64N2.2C2H6N.Ni.Pd/c1-8-15-22-34-29-39(30-35(23-16-9-2)41(34)27-20-13-6)43-33-38(26-19-12-5)44(46(43)45)40-31-36(24-17-10-3)42(28-21-14-7)37(32-40)25-18-11-4;1-9-17-25-39-40(26-18-10-2)42(36-29-33(21-13-5)38(24-16-8)34(30-36)22-14-6)44(43)41(39)35-27-31(19-11-3)37(23-15-7)32(28-35)20-12-4;2*1-3-2;;/h29-33H,8-28H2,1-7H3;27-30H,9-26H2,1-8H3;2*1-2H3;;/q;;2*-1;;+2. The Hall–Kier alpha value is -3.88. The second kappa shape index (κ2) is 53.9. The Morgan fingerprint density at radius 1 is 0.265 bits per heavy atom. The van der Waals surface area contributed by atoms with E-state index in [2.05, 4.69) is 169 Å². The third kappa shape index (κ3) is 27.7. The molecular formula is C90H144N6NiPd. The van der Waals surface area contributed by atoms with E-state index in [1.807, 2.05) is 0 Å². The number of rotatable bonds is 43. The van der Waals surface area contributed by atoms with Gasteiger partial charge in [0.2, 0.25) is 22.8 Å². The van der Waals surface area contributed by atoms with Gasteiger partial charge in [0, 0.05) is 61.5 Å². The van der Waals surface area contributed by atoms with Crippen LogP contribution in [0.3, 0.4) is 0 Å². The number of nitrogens with zero attached hydrogens (tertiary/aromatic N) is 6. The second-order valence-corrected chi connectivity index (χ2v) is 28.1. The van der Waals surface area contributed by atoms with Gasteiger partial charge in [0.25, 0.3) is 0 Å². The van der Waals surface area contributed by atoms with Gasteiger partial charge in [0.1, 0.15) is 0 Å². The molecule has 0 spiro atoms. The van der Waals surface area contributed by atoms with Gasteiger partial charge < -0.3 is 21.7 Å². The van der Waals surface area contributed by atoms with Crippen LogP contribution in [0.1, 0.15) is 366 Å². The van der Waals surface area contributed by atoms with Crippen molar-refractivity contribution < 1.29 is 46.3 Å². The van der Waals surface area contributed by atoms with Crippen LogP contribution < -0.4 is 0 Å². The van der Waals surface area contributed by atoms with Crippen molar-refractivity contribution >= 4 is 22.8 Å². The molecule has 0 radical (unpaired) electrons. The molecule has 0 unspecified atom stereocenters. The Morgan fingerprint density at radius 3 is 0.765 bits per heavy atom. The molecular weight excluding hydrogens is 1330 g/mol. The first-order valence-electron chi connectivity index (χ1n) is 40.2. The maximum absolute atomic E-state index is 12.4. The SMILES string of the molecule is CCCCC1=C(c2cc(CCC)c(CCC)c(CCC)c2)[N+](=[N-])C(c2cc(CCC)c(CCC)c(CCC)c2)=C1CCCC.CCCCC1=C(c2cc(CCCC)c(CCCC)c(CCCC)c2)[N+](=[N-])C(c2cc(CCCC)c(CCCC)c(CCCC)c2)=C1.C[N-]C.C[N-]C.[Ni].[Pd+2]. The predicted octanol–water partition coefficient (Wildman–Crippen LogP) is 27.9. The van der Waals surface area contributed by atoms with Gasteiger partial charge in [0.05, 0.1) is 0 Å². The summed E-state index contributed by atoms with van der Waals surface area (Å²) in [6.45, 7) is 34.5. The fourth-order valence-corrected chi connectivity index (χ4v) is 14.7. The van der Waals surface area contributed by atoms with Crippen molar-refractivity contribution in [2.45, 2.75) is 354 Å². The third-order valence-corrected chi connectivity index (χ3v) is 19.5. The maximum atomic E-state index is 12.4. The van der Waals surface area contributed by atoms with Crippen molar-refractivity contribution in [3.8, 4) is 0 Å². The van der Waals surface area contributed by atoms with Gasteiger partial charge in [-0.3, -0.25) is 0 Å². The van der Waals surface area contributed by atoms with Crippen molar-refractivity contribution in [3.63, 3.8) is 0 Å². The van der Waals surface area contributed by atoms with E-state index in [0.717, 1.165) is 170 Å². The fraction of sp³-hybridized carbons (Fsp3) is 0.644. The molecule has 0 aromatic heterocycles. The van der Waals surface area contributed by atoms with Crippen LogP contribution in [0.15, 0.2) is 71.3 Å². The Balaban J connectivity index is 0.000000890. The molecule has 0 aliphatic carbocycles. The normalized spacial score (nSPS) is 12.7. The first-order chi connectivity index (χ1) is 46.7. The van der Waals surface area contributed by atoms with Gasteiger partial charge in [-0.2, -0.15) is 28.2 Å². The second-order valence-electron chi connectivity index (χ2n) is 28.1. The average Bonchev–Trinajstić information content (AvgIpc) is 1.64. The third-order valence-electron chi connectivity index (χ3n) is 19.5. The minimum Gasteiger partial charge on any atom is -0.668 e. The van der Waals surface area contributed by atoms with Crippen molar-refractivity contribution in [1.29, 1.82) is 0 Å². The number of hydrogen-bond acceptors (Lipinski definition) is 0. The molecule has 0 saturated heterocycles. The fourth-order valence-electron chi connectivity index (χ4n) is 14.7. The molecule has 8 heteroatoms. The van der Waals surface area contributed by atoms with E-state index >= 15 is 0 Å². The molecule has 0 saturated carbocycles. The van der Waals surface area contributed by atoms with E-state index in [1.54, 1.807) is 59.8 Å². The first kappa shape index (κ1) is 92.1. The molecule has 0 atom stereocenters. The Labute approximate surface area is 629 Å². The summed E-state index contributed by atoms with van der Waals surface area (Å²) in [7, 11) is 7.00. The quantitative estimate of drug-likeness (QED) is 0.0313. The summed E-state index contributed by atoms with van der Waals surface area (Å²) in [6.07, 6.45) is 47.4. The summed E-state index contributed by atoms with van der Waals surface area (Å²) in [5, 5.41) is 7.00. The van der Waals surface area contributed by atoms with Crippen LogP contribution >= 0.6 is 0 Å². The smallest absolute Gasteiger partial charge is 0.668 e.